The first-order valence-corrected chi connectivity index (χ1v) is 15.6. The normalized spacial score (nSPS) is 26.3. The molecule has 1 aliphatic carbocycles. The molecule has 0 amide bonds. The summed E-state index contributed by atoms with van der Waals surface area (Å²) in [6.07, 6.45) is 4.58. The minimum atomic E-state index is -1.04. The molecule has 8 nitrogen and oxygen atoms in total. The van der Waals surface area contributed by atoms with Crippen molar-refractivity contribution in [2.24, 2.45) is 10.8 Å². The van der Waals surface area contributed by atoms with Gasteiger partial charge in [-0.25, -0.2) is 9.37 Å². The van der Waals surface area contributed by atoms with E-state index in [1.165, 1.54) is 6.07 Å². The monoisotopic (exact) mass is 613 g/mol. The minimum Gasteiger partial charge on any atom is -0.443 e. The molecule has 2 saturated heterocycles. The number of hydrogen-bond acceptors (Lipinski definition) is 7. The van der Waals surface area contributed by atoms with Crippen LogP contribution in [0.25, 0.3) is 11.0 Å². The molecule has 3 fully saturated rings. The molecule has 226 valence electrons. The average molecular weight is 614 g/mol. The molecule has 2 aromatic heterocycles. The van der Waals surface area contributed by atoms with Crippen molar-refractivity contribution in [1.29, 1.82) is 5.26 Å². The number of para-hydroxylation sites is 1. The van der Waals surface area contributed by atoms with E-state index in [4.69, 9.17) is 30.8 Å². The Morgan fingerprint density at radius 1 is 1.09 bits per heavy atom. The van der Waals surface area contributed by atoms with E-state index in [0.29, 0.717) is 46.3 Å². The molecule has 10 heteroatoms. The zero-order valence-electron chi connectivity index (χ0n) is 24.9. The Morgan fingerprint density at radius 3 is 2.61 bits per heavy atom. The Labute approximate surface area is 260 Å². The standard InChI is InChI=1S/C34H33ClFN5O3/c1-32(2)19-42-18-28(32)41-25-14-20(16-37)13-23(36)29(25)39-31(41)22-15-34(22)9-11-40(12-10-34)24-5-4-6-26-30(24)44-33(3,43-26)27-8-7-21(35)17-38-27/h4-8,13-14,17,22,28H,9-12,15,18-19H2,1-3H3/t22-,28+,33-/m0/s1. The average Bonchev–Trinajstić information content (AvgIpc) is 3.25. The number of anilines is 1. The van der Waals surface area contributed by atoms with Crippen molar-refractivity contribution in [2.45, 2.75) is 57.8 Å². The van der Waals surface area contributed by atoms with Gasteiger partial charge in [0, 0.05) is 37.5 Å². The number of imidazole rings is 1. The maximum atomic E-state index is 15.3. The number of pyridine rings is 1. The van der Waals surface area contributed by atoms with Gasteiger partial charge in [0.2, 0.25) is 0 Å². The van der Waals surface area contributed by atoms with Crippen LogP contribution in [-0.2, 0) is 10.5 Å². The van der Waals surface area contributed by atoms with Gasteiger partial charge in [-0.05, 0) is 61.1 Å². The summed E-state index contributed by atoms with van der Waals surface area (Å²) in [4.78, 5) is 11.8. The summed E-state index contributed by atoms with van der Waals surface area (Å²) in [6, 6.07) is 14.8. The van der Waals surface area contributed by atoms with Crippen molar-refractivity contribution in [3.8, 4) is 17.6 Å². The van der Waals surface area contributed by atoms with Crippen molar-refractivity contribution in [3.05, 3.63) is 76.6 Å². The number of piperidine rings is 1. The number of aromatic nitrogens is 3. The van der Waals surface area contributed by atoms with Gasteiger partial charge < -0.3 is 23.7 Å². The topological polar surface area (TPSA) is 85.4 Å². The highest BCUT2D eigenvalue weighted by Crippen LogP contribution is 2.66. The van der Waals surface area contributed by atoms with E-state index in [2.05, 4.69) is 40.4 Å². The van der Waals surface area contributed by atoms with Crippen LogP contribution in [0.15, 0.2) is 48.7 Å². The summed E-state index contributed by atoms with van der Waals surface area (Å²) in [6.45, 7) is 9.13. The van der Waals surface area contributed by atoms with Crippen molar-refractivity contribution < 1.29 is 18.6 Å². The smallest absolute Gasteiger partial charge is 0.292 e. The molecule has 0 unspecified atom stereocenters. The summed E-state index contributed by atoms with van der Waals surface area (Å²) in [5.74, 6) is 1.08. The third kappa shape index (κ3) is 4.18. The van der Waals surface area contributed by atoms with Gasteiger partial charge in [-0.2, -0.15) is 5.26 Å². The van der Waals surface area contributed by atoms with Gasteiger partial charge in [0.15, 0.2) is 17.3 Å². The highest BCUT2D eigenvalue weighted by Gasteiger charge is 2.58. The van der Waals surface area contributed by atoms with E-state index in [1.807, 2.05) is 25.1 Å². The second-order valence-electron chi connectivity index (χ2n) is 13.5. The highest BCUT2D eigenvalue weighted by atomic mass is 35.5. The summed E-state index contributed by atoms with van der Waals surface area (Å²) in [5, 5.41) is 10.1. The Bertz CT molecular complexity index is 1840. The number of hydrogen-bond donors (Lipinski definition) is 0. The van der Waals surface area contributed by atoms with Crippen LogP contribution in [0.3, 0.4) is 0 Å². The number of fused-ring (bicyclic) bond motifs is 2. The number of benzene rings is 2. The number of rotatable bonds is 4. The van der Waals surface area contributed by atoms with Gasteiger partial charge in [0.25, 0.3) is 5.79 Å². The fourth-order valence-electron chi connectivity index (χ4n) is 7.56. The molecule has 0 N–H and O–H groups in total. The lowest BCUT2D eigenvalue weighted by Crippen LogP contribution is -2.36. The van der Waals surface area contributed by atoms with Crippen LogP contribution >= 0.6 is 11.6 Å². The first kappa shape index (κ1) is 27.7. The van der Waals surface area contributed by atoms with Gasteiger partial charge in [0.05, 0.1) is 47.1 Å². The van der Waals surface area contributed by atoms with Crippen LogP contribution in [0.5, 0.6) is 11.5 Å². The molecule has 3 aliphatic heterocycles. The SMILES string of the molecule is CC1(C)COC[C@H]1n1c([C@@H]2CC23CCN(c2cccc4c2O[C@@](C)(c2ccc(Cl)cn2)O4)CC3)nc2c(F)cc(C#N)cc21. The van der Waals surface area contributed by atoms with Crippen LogP contribution < -0.4 is 14.4 Å². The summed E-state index contributed by atoms with van der Waals surface area (Å²) < 4.78 is 36.1. The van der Waals surface area contributed by atoms with Gasteiger partial charge in [-0.1, -0.05) is 31.5 Å². The number of nitrogens with zero attached hydrogens (tertiary/aromatic N) is 5. The van der Waals surface area contributed by atoms with E-state index in [9.17, 15) is 5.26 Å². The summed E-state index contributed by atoms with van der Waals surface area (Å²) >= 11 is 6.06. The summed E-state index contributed by atoms with van der Waals surface area (Å²) in [7, 11) is 0. The van der Waals surface area contributed by atoms with Gasteiger partial charge in [-0.3, -0.25) is 4.98 Å². The number of halogens is 2. The molecule has 4 aromatic rings. The second-order valence-corrected chi connectivity index (χ2v) is 14.0. The second kappa shape index (κ2) is 9.56. The van der Waals surface area contributed by atoms with E-state index >= 15 is 4.39 Å². The molecular weight excluding hydrogens is 581 g/mol. The van der Waals surface area contributed by atoms with Crippen LogP contribution in [0.4, 0.5) is 10.1 Å². The van der Waals surface area contributed by atoms with Crippen LogP contribution in [0, 0.1) is 28.0 Å². The van der Waals surface area contributed by atoms with Crippen molar-refractivity contribution in [3.63, 3.8) is 0 Å². The molecular formula is C34H33ClFN5O3. The fraction of sp³-hybridized carbons (Fsp3) is 0.441. The molecule has 4 aliphatic rings. The molecule has 44 heavy (non-hydrogen) atoms. The van der Waals surface area contributed by atoms with Crippen LogP contribution in [0.1, 0.15) is 69.1 Å². The molecule has 0 radical (unpaired) electrons. The molecule has 3 atom stereocenters. The van der Waals surface area contributed by atoms with Gasteiger partial charge >= 0.3 is 0 Å². The Hall–Kier alpha value is -3.87. The zero-order chi connectivity index (χ0) is 30.4. The largest absolute Gasteiger partial charge is 0.443 e. The lowest BCUT2D eigenvalue weighted by atomic mass is 9.87. The highest BCUT2D eigenvalue weighted by molar-refractivity contribution is 6.30. The van der Waals surface area contributed by atoms with Crippen molar-refractivity contribution >= 4 is 28.3 Å². The van der Waals surface area contributed by atoms with E-state index < -0.39 is 11.6 Å². The van der Waals surface area contributed by atoms with Crippen LogP contribution in [-0.4, -0.2) is 40.8 Å². The van der Waals surface area contributed by atoms with Gasteiger partial charge in [-0.15, -0.1) is 0 Å². The maximum absolute atomic E-state index is 15.3. The van der Waals surface area contributed by atoms with E-state index in [1.54, 1.807) is 18.3 Å². The fourth-order valence-corrected chi connectivity index (χ4v) is 7.67. The summed E-state index contributed by atoms with van der Waals surface area (Å²) in [5.41, 5.74) is 2.97. The lowest BCUT2D eigenvalue weighted by molar-refractivity contribution is -0.0716. The molecule has 1 spiro atoms. The molecule has 2 aromatic carbocycles. The molecule has 0 bridgehead atoms. The third-order valence-corrected chi connectivity index (χ3v) is 10.4. The Balaban J connectivity index is 1.07. The van der Waals surface area contributed by atoms with E-state index in [-0.39, 0.29) is 22.8 Å². The minimum absolute atomic E-state index is 0.0158. The number of nitriles is 1. The predicted molar refractivity (Wildman–Crippen MR) is 164 cm³/mol. The molecule has 8 rings (SSSR count). The lowest BCUT2D eigenvalue weighted by Gasteiger charge is -2.35. The van der Waals surface area contributed by atoms with Crippen LogP contribution in [0.2, 0.25) is 5.02 Å². The third-order valence-electron chi connectivity index (χ3n) is 10.2. The molecule has 1 saturated carbocycles. The molecule has 5 heterocycles. The quantitative estimate of drug-likeness (QED) is 0.242. The van der Waals surface area contributed by atoms with Crippen molar-refractivity contribution in [1.82, 2.24) is 14.5 Å². The maximum Gasteiger partial charge on any atom is 0.292 e. The number of ether oxygens (including phenoxy) is 3. The van der Waals surface area contributed by atoms with Gasteiger partial charge in [0.1, 0.15) is 17.0 Å². The first-order valence-electron chi connectivity index (χ1n) is 15.2. The Morgan fingerprint density at radius 2 is 1.91 bits per heavy atom. The Kier molecular flexibility index (Phi) is 6.01. The van der Waals surface area contributed by atoms with E-state index in [0.717, 1.165) is 49.6 Å². The first-order chi connectivity index (χ1) is 21.1. The van der Waals surface area contributed by atoms with Crippen molar-refractivity contribution in [2.75, 3.05) is 31.2 Å². The zero-order valence-corrected chi connectivity index (χ0v) is 25.7. The predicted octanol–water partition coefficient (Wildman–Crippen LogP) is 7.11.